The molecule has 0 unspecified atom stereocenters. The number of aromatic amines is 1. The number of rotatable bonds is 9. The van der Waals surface area contributed by atoms with Crippen molar-refractivity contribution < 1.29 is 19.1 Å². The number of H-pyrrole nitrogens is 1. The van der Waals surface area contributed by atoms with Crippen molar-refractivity contribution in [3.05, 3.63) is 107 Å². The highest BCUT2D eigenvalue weighted by atomic mass is 35.5. The summed E-state index contributed by atoms with van der Waals surface area (Å²) in [5, 5.41) is 7.06. The van der Waals surface area contributed by atoms with Crippen molar-refractivity contribution >= 4 is 40.3 Å². The summed E-state index contributed by atoms with van der Waals surface area (Å²) in [6.45, 7) is 0. The molecule has 184 valence electrons. The van der Waals surface area contributed by atoms with Crippen LogP contribution in [0.1, 0.15) is 21.5 Å². The lowest BCUT2D eigenvalue weighted by molar-refractivity contribution is -0.145. The van der Waals surface area contributed by atoms with Gasteiger partial charge in [-0.05, 0) is 41.5 Å². The Labute approximate surface area is 213 Å². The summed E-state index contributed by atoms with van der Waals surface area (Å²) in [5.41, 5.74) is 3.02. The summed E-state index contributed by atoms with van der Waals surface area (Å²) < 4.78 is 4.93. The van der Waals surface area contributed by atoms with Gasteiger partial charge in [-0.25, -0.2) is 4.79 Å². The molecular weight excluding hydrogens is 478 g/mol. The molecule has 0 saturated heterocycles. The number of methoxy groups -OCH3 is 1. The molecule has 3 aromatic carbocycles. The highest BCUT2D eigenvalue weighted by Crippen LogP contribution is 2.20. The van der Waals surface area contributed by atoms with Gasteiger partial charge in [0.05, 0.1) is 7.11 Å². The van der Waals surface area contributed by atoms with E-state index >= 15 is 0 Å². The molecule has 0 aliphatic carbocycles. The fourth-order valence-electron chi connectivity index (χ4n) is 4.03. The molecule has 0 bridgehead atoms. The Hall–Kier alpha value is -4.10. The Morgan fingerprint density at radius 2 is 1.56 bits per heavy atom. The first-order chi connectivity index (χ1) is 17.4. The van der Waals surface area contributed by atoms with Crippen molar-refractivity contribution in [1.29, 1.82) is 0 Å². The minimum absolute atomic E-state index is 0.217. The molecule has 4 rings (SSSR count). The maximum Gasteiger partial charge on any atom is 0.328 e. The number of aromatic nitrogens is 1. The number of amides is 2. The van der Waals surface area contributed by atoms with Gasteiger partial charge in [0.2, 0.25) is 5.91 Å². The highest BCUT2D eigenvalue weighted by Gasteiger charge is 2.28. The zero-order valence-corrected chi connectivity index (χ0v) is 20.4. The molecule has 0 spiro atoms. The molecule has 7 nitrogen and oxygen atoms in total. The smallest absolute Gasteiger partial charge is 0.328 e. The van der Waals surface area contributed by atoms with E-state index in [1.165, 1.54) is 7.11 Å². The summed E-state index contributed by atoms with van der Waals surface area (Å²) in [6.07, 6.45) is 2.29. The molecule has 2 amide bonds. The lowest BCUT2D eigenvalue weighted by atomic mass is 10.0. The Balaban J connectivity index is 1.59. The topological polar surface area (TPSA) is 100 Å². The largest absolute Gasteiger partial charge is 0.467 e. The number of carbonyl (C=O) groups excluding carboxylic acids is 3. The fraction of sp³-hybridized carbons (Fsp3) is 0.179. The summed E-state index contributed by atoms with van der Waals surface area (Å²) in [4.78, 5) is 42.2. The van der Waals surface area contributed by atoms with E-state index in [9.17, 15) is 14.4 Å². The SMILES string of the molecule is COC(=O)[C@@H](Cc1ccccc1)NC(=O)[C@H](Cc1c[nH]c2ccccc12)NC(=O)c1ccc(Cl)cc1. The van der Waals surface area contributed by atoms with Crippen molar-refractivity contribution in [2.45, 2.75) is 24.9 Å². The van der Waals surface area contributed by atoms with Crippen molar-refractivity contribution in [2.75, 3.05) is 7.11 Å². The number of ether oxygens (including phenoxy) is 1. The molecule has 8 heteroatoms. The average Bonchev–Trinajstić information content (AvgIpc) is 3.31. The summed E-state index contributed by atoms with van der Waals surface area (Å²) >= 11 is 5.95. The molecule has 4 aromatic rings. The van der Waals surface area contributed by atoms with E-state index in [0.29, 0.717) is 10.6 Å². The third-order valence-electron chi connectivity index (χ3n) is 5.91. The molecule has 36 heavy (non-hydrogen) atoms. The molecule has 0 fully saturated rings. The lowest BCUT2D eigenvalue weighted by Crippen LogP contribution is -2.53. The Bertz CT molecular complexity index is 1350. The number of fused-ring (bicyclic) bond motifs is 1. The van der Waals surface area contributed by atoms with Gasteiger partial charge in [0.25, 0.3) is 5.91 Å². The van der Waals surface area contributed by atoms with Crippen LogP contribution in [-0.4, -0.2) is 42.0 Å². The molecule has 2 atom stereocenters. The zero-order chi connectivity index (χ0) is 25.5. The molecule has 0 radical (unpaired) electrons. The van der Waals surface area contributed by atoms with Gasteiger partial charge < -0.3 is 20.4 Å². The lowest BCUT2D eigenvalue weighted by Gasteiger charge is -2.22. The molecule has 0 saturated carbocycles. The third kappa shape index (κ3) is 6.12. The maximum absolute atomic E-state index is 13.5. The average molecular weight is 504 g/mol. The number of halogens is 1. The van der Waals surface area contributed by atoms with Gasteiger partial charge in [-0.1, -0.05) is 60.1 Å². The van der Waals surface area contributed by atoms with E-state index in [1.54, 1.807) is 24.3 Å². The van der Waals surface area contributed by atoms with Crippen LogP contribution >= 0.6 is 11.6 Å². The monoisotopic (exact) mass is 503 g/mol. The van der Waals surface area contributed by atoms with E-state index in [1.807, 2.05) is 60.8 Å². The van der Waals surface area contributed by atoms with Gasteiger partial charge in [-0.3, -0.25) is 9.59 Å². The van der Waals surface area contributed by atoms with Crippen LogP contribution in [0.3, 0.4) is 0 Å². The van der Waals surface area contributed by atoms with Crippen LogP contribution in [-0.2, 0) is 27.2 Å². The van der Waals surface area contributed by atoms with Crippen molar-refractivity contribution in [2.24, 2.45) is 0 Å². The fourth-order valence-corrected chi connectivity index (χ4v) is 4.16. The molecule has 3 N–H and O–H groups in total. The number of para-hydroxylation sites is 1. The van der Waals surface area contributed by atoms with Crippen molar-refractivity contribution in [3.8, 4) is 0 Å². The summed E-state index contributed by atoms with van der Waals surface area (Å²) in [6, 6.07) is 21.6. The molecule has 0 aliphatic heterocycles. The van der Waals surface area contributed by atoms with Crippen LogP contribution in [0, 0.1) is 0 Å². The standard InChI is InChI=1S/C28H26ClN3O4/c1-36-28(35)25(15-18-7-3-2-4-8-18)32-27(34)24(31-26(33)19-11-13-21(29)14-12-19)16-20-17-30-23-10-6-5-9-22(20)23/h2-14,17,24-25,30H,15-16H2,1H3,(H,31,33)(H,32,34)/t24-,25+/m0/s1. The van der Waals surface area contributed by atoms with Crippen LogP contribution < -0.4 is 10.6 Å². The van der Waals surface area contributed by atoms with Gasteiger partial charge in [-0.15, -0.1) is 0 Å². The molecule has 0 aliphatic rings. The zero-order valence-electron chi connectivity index (χ0n) is 19.7. The summed E-state index contributed by atoms with van der Waals surface area (Å²) in [7, 11) is 1.28. The number of hydrogen-bond acceptors (Lipinski definition) is 4. The van der Waals surface area contributed by atoms with Crippen molar-refractivity contribution in [1.82, 2.24) is 15.6 Å². The van der Waals surface area contributed by atoms with Crippen molar-refractivity contribution in [3.63, 3.8) is 0 Å². The van der Waals surface area contributed by atoms with Crippen LogP contribution in [0.2, 0.25) is 5.02 Å². The minimum atomic E-state index is -0.949. The van der Waals surface area contributed by atoms with Crippen LogP contribution in [0.25, 0.3) is 10.9 Å². The Morgan fingerprint density at radius 3 is 2.28 bits per heavy atom. The Kier molecular flexibility index (Phi) is 8.02. The van der Waals surface area contributed by atoms with Gasteiger partial charge >= 0.3 is 5.97 Å². The maximum atomic E-state index is 13.5. The number of hydrogen-bond donors (Lipinski definition) is 3. The quantitative estimate of drug-likeness (QED) is 0.300. The van der Waals surface area contributed by atoms with Gasteiger partial charge in [0, 0.05) is 40.5 Å². The van der Waals surface area contributed by atoms with E-state index in [2.05, 4.69) is 15.6 Å². The van der Waals surface area contributed by atoms with Crippen LogP contribution in [0.5, 0.6) is 0 Å². The predicted octanol–water partition coefficient (Wildman–Crippen LogP) is 4.06. The second-order valence-electron chi connectivity index (χ2n) is 8.37. The van der Waals surface area contributed by atoms with Gasteiger partial charge in [0.15, 0.2) is 0 Å². The van der Waals surface area contributed by atoms with E-state index < -0.39 is 29.9 Å². The van der Waals surface area contributed by atoms with E-state index in [0.717, 1.165) is 22.0 Å². The summed E-state index contributed by atoms with van der Waals surface area (Å²) in [5.74, 6) is -1.49. The highest BCUT2D eigenvalue weighted by molar-refractivity contribution is 6.30. The normalized spacial score (nSPS) is 12.5. The first-order valence-corrected chi connectivity index (χ1v) is 11.9. The van der Waals surface area contributed by atoms with E-state index in [-0.39, 0.29) is 12.8 Å². The minimum Gasteiger partial charge on any atom is -0.467 e. The van der Waals surface area contributed by atoms with Gasteiger partial charge in [-0.2, -0.15) is 0 Å². The predicted molar refractivity (Wildman–Crippen MR) is 139 cm³/mol. The molecule has 1 heterocycles. The third-order valence-corrected chi connectivity index (χ3v) is 6.16. The second-order valence-corrected chi connectivity index (χ2v) is 8.81. The number of benzene rings is 3. The molecular formula is C28H26ClN3O4. The first-order valence-electron chi connectivity index (χ1n) is 11.5. The second kappa shape index (κ2) is 11.6. The number of carbonyl (C=O) groups is 3. The Morgan fingerprint density at radius 1 is 0.861 bits per heavy atom. The van der Waals surface area contributed by atoms with Crippen LogP contribution in [0.4, 0.5) is 0 Å². The number of nitrogens with one attached hydrogen (secondary N) is 3. The first kappa shape index (κ1) is 25.0. The molecule has 1 aromatic heterocycles. The number of esters is 1. The van der Waals surface area contributed by atoms with Crippen LogP contribution in [0.15, 0.2) is 85.1 Å². The van der Waals surface area contributed by atoms with Gasteiger partial charge in [0.1, 0.15) is 12.1 Å². The van der Waals surface area contributed by atoms with E-state index in [4.69, 9.17) is 16.3 Å².